The zero-order chi connectivity index (χ0) is 15.6. The lowest BCUT2D eigenvalue weighted by Crippen LogP contribution is -2.36. The minimum absolute atomic E-state index is 0. The van der Waals surface area contributed by atoms with Crippen LogP contribution in [0.3, 0.4) is 0 Å². The molecule has 1 aliphatic rings. The van der Waals surface area contributed by atoms with E-state index in [0.717, 1.165) is 25.7 Å². The molecule has 124 valence electrons. The van der Waals surface area contributed by atoms with E-state index in [1.165, 1.54) is 0 Å². The van der Waals surface area contributed by atoms with Crippen molar-refractivity contribution in [3.8, 4) is 5.75 Å². The van der Waals surface area contributed by atoms with E-state index in [4.69, 9.17) is 10.8 Å². The monoisotopic (exact) mass is 338 g/mol. The fourth-order valence-corrected chi connectivity index (χ4v) is 2.61. The van der Waals surface area contributed by atoms with Crippen molar-refractivity contribution in [1.29, 1.82) is 0 Å². The highest BCUT2D eigenvalue weighted by Gasteiger charge is 2.24. The molecule has 4 nitrogen and oxygen atoms in total. The molecule has 0 aromatic heterocycles. The Balaban J connectivity index is 0.00000242. The Morgan fingerprint density at radius 2 is 2.00 bits per heavy atom. The van der Waals surface area contributed by atoms with Gasteiger partial charge in [-0.25, -0.2) is 8.78 Å². The Hall–Kier alpha value is -1.47. The Morgan fingerprint density at radius 1 is 1.32 bits per heavy atom. The highest BCUT2D eigenvalue weighted by Crippen LogP contribution is 2.26. The average Bonchev–Trinajstić information content (AvgIpc) is 2.46. The van der Waals surface area contributed by atoms with Gasteiger partial charge in [-0.1, -0.05) is 6.42 Å². The summed E-state index contributed by atoms with van der Waals surface area (Å²) in [4.78, 5) is 11.8. The van der Waals surface area contributed by atoms with E-state index in [0.29, 0.717) is 6.07 Å². The van der Waals surface area contributed by atoms with Crippen LogP contribution in [0.25, 0.3) is 0 Å². The minimum atomic E-state index is -1.71. The topological polar surface area (TPSA) is 75.3 Å². The number of carbonyl (C=O) groups excluding carboxylic acids is 1. The molecule has 1 aromatic carbocycles. The van der Waals surface area contributed by atoms with Crippen molar-refractivity contribution in [2.45, 2.75) is 31.7 Å². The van der Waals surface area contributed by atoms with Crippen molar-refractivity contribution in [2.24, 2.45) is 11.7 Å². The van der Waals surface area contributed by atoms with Crippen LogP contribution in [0.4, 0.5) is 13.2 Å². The van der Waals surface area contributed by atoms with Crippen molar-refractivity contribution in [3.05, 3.63) is 29.1 Å². The zero-order valence-corrected chi connectivity index (χ0v) is 12.6. The standard InChI is InChI=1S/C14H17F3N2O2.ClH/c15-10-5-9(11(16)13(20)12(10)17)14(21)19-6-7-2-1-3-8(18)4-7;/h5,7-8,20H,1-4,6,18H2,(H,19,21);1H. The van der Waals surface area contributed by atoms with Crippen molar-refractivity contribution in [3.63, 3.8) is 0 Å². The number of aromatic hydroxyl groups is 1. The molecule has 2 atom stereocenters. The maximum Gasteiger partial charge on any atom is 0.254 e. The van der Waals surface area contributed by atoms with Gasteiger partial charge in [0.25, 0.3) is 5.91 Å². The predicted molar refractivity (Wildman–Crippen MR) is 77.5 cm³/mol. The summed E-state index contributed by atoms with van der Waals surface area (Å²) >= 11 is 0. The number of nitrogens with one attached hydrogen (secondary N) is 1. The van der Waals surface area contributed by atoms with Gasteiger partial charge in [-0.2, -0.15) is 4.39 Å². The number of carbonyl (C=O) groups is 1. The number of nitrogens with two attached hydrogens (primary N) is 1. The lowest BCUT2D eigenvalue weighted by atomic mass is 9.86. The quantitative estimate of drug-likeness (QED) is 0.741. The summed E-state index contributed by atoms with van der Waals surface area (Å²) in [7, 11) is 0. The lowest BCUT2D eigenvalue weighted by molar-refractivity contribution is 0.0936. The molecule has 22 heavy (non-hydrogen) atoms. The van der Waals surface area contributed by atoms with E-state index in [-0.39, 0.29) is 30.9 Å². The van der Waals surface area contributed by atoms with E-state index in [2.05, 4.69) is 5.32 Å². The van der Waals surface area contributed by atoms with Crippen LogP contribution >= 0.6 is 12.4 Å². The molecule has 2 unspecified atom stereocenters. The fraction of sp³-hybridized carbons (Fsp3) is 0.500. The number of hydrogen-bond acceptors (Lipinski definition) is 3. The van der Waals surface area contributed by atoms with E-state index in [1.807, 2.05) is 0 Å². The fourth-order valence-electron chi connectivity index (χ4n) is 2.61. The third kappa shape index (κ3) is 4.04. The number of halogens is 4. The smallest absolute Gasteiger partial charge is 0.254 e. The number of benzene rings is 1. The molecule has 0 spiro atoms. The van der Waals surface area contributed by atoms with Gasteiger partial charge in [-0.15, -0.1) is 12.4 Å². The normalized spacial score (nSPS) is 21.1. The predicted octanol–water partition coefficient (Wildman–Crippen LogP) is 2.48. The second-order valence-electron chi connectivity index (χ2n) is 5.39. The number of phenolic OH excluding ortho intramolecular Hbond substituents is 1. The molecule has 1 saturated carbocycles. The largest absolute Gasteiger partial charge is 0.503 e. The third-order valence-electron chi connectivity index (χ3n) is 3.75. The summed E-state index contributed by atoms with van der Waals surface area (Å²) < 4.78 is 39.7. The van der Waals surface area contributed by atoms with Gasteiger partial charge in [0.05, 0.1) is 5.56 Å². The third-order valence-corrected chi connectivity index (χ3v) is 3.75. The van der Waals surface area contributed by atoms with E-state index in [1.54, 1.807) is 0 Å². The van der Waals surface area contributed by atoms with Crippen LogP contribution in [0.1, 0.15) is 36.0 Å². The van der Waals surface area contributed by atoms with Crippen molar-refractivity contribution in [2.75, 3.05) is 6.54 Å². The van der Waals surface area contributed by atoms with Gasteiger partial charge < -0.3 is 16.2 Å². The molecule has 1 fully saturated rings. The van der Waals surface area contributed by atoms with Crippen LogP contribution in [0.2, 0.25) is 0 Å². The first-order valence-corrected chi connectivity index (χ1v) is 6.80. The zero-order valence-electron chi connectivity index (χ0n) is 11.7. The highest BCUT2D eigenvalue weighted by molar-refractivity contribution is 5.95. The summed E-state index contributed by atoms with van der Waals surface area (Å²) in [5, 5.41) is 11.6. The Bertz CT molecular complexity index is 557. The Kier molecular flexibility index (Phi) is 6.49. The van der Waals surface area contributed by atoms with Crippen LogP contribution in [-0.2, 0) is 0 Å². The summed E-state index contributed by atoms with van der Waals surface area (Å²) in [6.07, 6.45) is 3.56. The first kappa shape index (κ1) is 18.6. The molecule has 0 saturated heterocycles. The van der Waals surface area contributed by atoms with Gasteiger partial charge in [0.15, 0.2) is 17.4 Å². The van der Waals surface area contributed by atoms with Crippen molar-refractivity contribution >= 4 is 18.3 Å². The molecular formula is C14H18ClF3N2O2. The molecule has 4 N–H and O–H groups in total. The SMILES string of the molecule is Cl.NC1CCCC(CNC(=O)c2cc(F)c(F)c(O)c2F)C1. The van der Waals surface area contributed by atoms with Crippen LogP contribution in [0.15, 0.2) is 6.07 Å². The highest BCUT2D eigenvalue weighted by atomic mass is 35.5. The molecule has 1 amide bonds. The molecule has 0 heterocycles. The second kappa shape index (κ2) is 7.69. The molecule has 0 radical (unpaired) electrons. The van der Waals surface area contributed by atoms with Crippen LogP contribution in [0.5, 0.6) is 5.75 Å². The van der Waals surface area contributed by atoms with Crippen LogP contribution in [-0.4, -0.2) is 23.6 Å². The van der Waals surface area contributed by atoms with E-state index < -0.39 is 34.7 Å². The van der Waals surface area contributed by atoms with E-state index in [9.17, 15) is 18.0 Å². The summed E-state index contributed by atoms with van der Waals surface area (Å²) in [6.45, 7) is 0.283. The van der Waals surface area contributed by atoms with Crippen molar-refractivity contribution < 1.29 is 23.1 Å². The van der Waals surface area contributed by atoms with Crippen LogP contribution < -0.4 is 11.1 Å². The van der Waals surface area contributed by atoms with E-state index >= 15 is 0 Å². The van der Waals surface area contributed by atoms with Gasteiger partial charge in [0.1, 0.15) is 0 Å². The van der Waals surface area contributed by atoms with Gasteiger partial charge in [-0.3, -0.25) is 4.79 Å². The molecule has 1 aliphatic carbocycles. The van der Waals surface area contributed by atoms with Gasteiger partial charge in [-0.05, 0) is 31.2 Å². The molecule has 0 aliphatic heterocycles. The first-order valence-electron chi connectivity index (χ1n) is 6.80. The number of amides is 1. The average molecular weight is 339 g/mol. The summed E-state index contributed by atoms with van der Waals surface area (Å²) in [5.41, 5.74) is 5.11. The molecule has 1 aromatic rings. The summed E-state index contributed by atoms with van der Waals surface area (Å²) in [6, 6.07) is 0.525. The first-order chi connectivity index (χ1) is 9.90. The Labute approximate surface area is 132 Å². The molecular weight excluding hydrogens is 321 g/mol. The molecule has 2 rings (SSSR count). The lowest BCUT2D eigenvalue weighted by Gasteiger charge is -2.26. The van der Waals surface area contributed by atoms with Crippen LogP contribution in [0, 0.1) is 23.4 Å². The number of phenols is 1. The van der Waals surface area contributed by atoms with Gasteiger partial charge in [0, 0.05) is 12.6 Å². The minimum Gasteiger partial charge on any atom is -0.503 e. The number of rotatable bonds is 3. The maximum atomic E-state index is 13.6. The van der Waals surface area contributed by atoms with Crippen molar-refractivity contribution in [1.82, 2.24) is 5.32 Å². The summed E-state index contributed by atoms with van der Waals surface area (Å²) in [5.74, 6) is -6.84. The molecule has 0 bridgehead atoms. The van der Waals surface area contributed by atoms with Gasteiger partial charge >= 0.3 is 0 Å². The Morgan fingerprint density at radius 3 is 2.64 bits per heavy atom. The number of hydrogen-bond donors (Lipinski definition) is 3. The molecule has 8 heteroatoms. The van der Waals surface area contributed by atoms with Gasteiger partial charge in [0.2, 0.25) is 5.82 Å². The maximum absolute atomic E-state index is 13.6. The second-order valence-corrected chi connectivity index (χ2v) is 5.39.